The van der Waals surface area contributed by atoms with Crippen LogP contribution in [0.3, 0.4) is 0 Å². The third-order valence-electron chi connectivity index (χ3n) is 4.27. The molecule has 2 aromatic rings. The summed E-state index contributed by atoms with van der Waals surface area (Å²) in [5.74, 6) is 1.50. The second-order valence-corrected chi connectivity index (χ2v) is 6.90. The SMILES string of the molecule is C=C(C)C(=O)Oc1ccc(Oc2c(C)cc(C(C)(C)OC)cc2C)cc1. The first-order valence-electron chi connectivity index (χ1n) is 8.46. The lowest BCUT2D eigenvalue weighted by Crippen LogP contribution is -2.19. The zero-order valence-electron chi connectivity index (χ0n) is 16.3. The predicted octanol–water partition coefficient (Wildman–Crippen LogP) is 5.46. The van der Waals surface area contributed by atoms with Gasteiger partial charge in [-0.05, 0) is 87.7 Å². The van der Waals surface area contributed by atoms with Crippen molar-refractivity contribution in [2.75, 3.05) is 7.11 Å². The van der Waals surface area contributed by atoms with Crippen LogP contribution in [-0.2, 0) is 15.1 Å². The van der Waals surface area contributed by atoms with Crippen molar-refractivity contribution >= 4 is 5.97 Å². The minimum Gasteiger partial charge on any atom is -0.457 e. The average molecular weight is 354 g/mol. The summed E-state index contributed by atoms with van der Waals surface area (Å²) in [5.41, 5.74) is 3.16. The van der Waals surface area contributed by atoms with Gasteiger partial charge in [0.05, 0.1) is 5.60 Å². The number of methoxy groups -OCH3 is 1. The third kappa shape index (κ3) is 4.52. The lowest BCUT2D eigenvalue weighted by Gasteiger charge is -2.25. The molecule has 0 atom stereocenters. The highest BCUT2D eigenvalue weighted by molar-refractivity contribution is 5.88. The Morgan fingerprint density at radius 3 is 1.96 bits per heavy atom. The van der Waals surface area contributed by atoms with E-state index in [1.165, 1.54) is 0 Å². The summed E-state index contributed by atoms with van der Waals surface area (Å²) in [5, 5.41) is 0. The Balaban J connectivity index is 2.21. The van der Waals surface area contributed by atoms with Crippen molar-refractivity contribution in [2.45, 2.75) is 40.2 Å². The van der Waals surface area contributed by atoms with Crippen molar-refractivity contribution in [2.24, 2.45) is 0 Å². The Morgan fingerprint density at radius 2 is 1.50 bits per heavy atom. The molecule has 2 aromatic carbocycles. The van der Waals surface area contributed by atoms with Gasteiger partial charge in [0.15, 0.2) is 0 Å². The molecular weight excluding hydrogens is 328 g/mol. The van der Waals surface area contributed by atoms with E-state index >= 15 is 0 Å². The number of carbonyl (C=O) groups excluding carboxylic acids is 1. The lowest BCUT2D eigenvalue weighted by molar-refractivity contribution is -0.130. The van der Waals surface area contributed by atoms with Gasteiger partial charge in [-0.15, -0.1) is 0 Å². The van der Waals surface area contributed by atoms with Crippen LogP contribution in [0.5, 0.6) is 17.2 Å². The topological polar surface area (TPSA) is 44.8 Å². The molecule has 0 N–H and O–H groups in total. The molecule has 0 spiro atoms. The van der Waals surface area contributed by atoms with E-state index in [-0.39, 0.29) is 5.60 Å². The summed E-state index contributed by atoms with van der Waals surface area (Å²) in [6.45, 7) is 13.3. The van der Waals surface area contributed by atoms with Gasteiger partial charge in [0.25, 0.3) is 0 Å². The average Bonchev–Trinajstić information content (AvgIpc) is 2.59. The van der Waals surface area contributed by atoms with Gasteiger partial charge in [-0.2, -0.15) is 0 Å². The standard InChI is InChI=1S/C22H26O4/c1-14(2)21(23)26-19-10-8-18(9-11-19)25-20-15(3)12-17(13-16(20)4)22(5,6)24-7/h8-13H,1H2,2-7H3. The molecule has 4 nitrogen and oxygen atoms in total. The van der Waals surface area contributed by atoms with E-state index in [1.54, 1.807) is 38.3 Å². The molecule has 0 heterocycles. The largest absolute Gasteiger partial charge is 0.457 e. The van der Waals surface area contributed by atoms with E-state index in [4.69, 9.17) is 14.2 Å². The number of rotatable bonds is 6. The fourth-order valence-electron chi connectivity index (χ4n) is 2.46. The number of hydrogen-bond donors (Lipinski definition) is 0. The Bertz CT molecular complexity index is 794. The number of aryl methyl sites for hydroxylation is 2. The maximum Gasteiger partial charge on any atom is 0.338 e. The molecule has 0 radical (unpaired) electrons. The number of benzene rings is 2. The summed E-state index contributed by atoms with van der Waals surface area (Å²) in [7, 11) is 1.71. The monoisotopic (exact) mass is 354 g/mol. The predicted molar refractivity (Wildman–Crippen MR) is 103 cm³/mol. The van der Waals surface area contributed by atoms with Crippen LogP contribution in [0, 0.1) is 13.8 Å². The van der Waals surface area contributed by atoms with Crippen molar-refractivity contribution in [3.05, 3.63) is 65.2 Å². The van der Waals surface area contributed by atoms with Crippen LogP contribution in [0.1, 0.15) is 37.5 Å². The van der Waals surface area contributed by atoms with Crippen LogP contribution in [0.25, 0.3) is 0 Å². The molecule has 26 heavy (non-hydrogen) atoms. The number of ether oxygens (including phenoxy) is 3. The molecule has 0 unspecified atom stereocenters. The van der Waals surface area contributed by atoms with Crippen LogP contribution in [0.15, 0.2) is 48.6 Å². The van der Waals surface area contributed by atoms with Gasteiger partial charge in [-0.1, -0.05) is 6.58 Å². The highest BCUT2D eigenvalue weighted by Gasteiger charge is 2.21. The minimum absolute atomic E-state index is 0.357. The lowest BCUT2D eigenvalue weighted by atomic mass is 9.94. The molecule has 0 saturated heterocycles. The Morgan fingerprint density at radius 1 is 1.00 bits per heavy atom. The first-order valence-corrected chi connectivity index (χ1v) is 8.46. The number of carbonyl (C=O) groups is 1. The van der Waals surface area contributed by atoms with Crippen LogP contribution in [-0.4, -0.2) is 13.1 Å². The van der Waals surface area contributed by atoms with Gasteiger partial charge < -0.3 is 14.2 Å². The summed E-state index contributed by atoms with van der Waals surface area (Å²) in [6.07, 6.45) is 0. The van der Waals surface area contributed by atoms with Crippen molar-refractivity contribution in [3.8, 4) is 17.2 Å². The third-order valence-corrected chi connectivity index (χ3v) is 4.27. The van der Waals surface area contributed by atoms with Gasteiger partial charge in [0.2, 0.25) is 0 Å². The Hall–Kier alpha value is -2.59. The van der Waals surface area contributed by atoms with Gasteiger partial charge in [-0.3, -0.25) is 0 Å². The van der Waals surface area contributed by atoms with Gasteiger partial charge in [-0.25, -0.2) is 4.79 Å². The van der Waals surface area contributed by atoms with E-state index in [0.29, 0.717) is 17.1 Å². The molecule has 0 aromatic heterocycles. The second kappa shape index (κ2) is 7.75. The fourth-order valence-corrected chi connectivity index (χ4v) is 2.46. The summed E-state index contributed by atoms with van der Waals surface area (Å²) >= 11 is 0. The molecular formula is C22H26O4. The van der Waals surface area contributed by atoms with Crippen molar-refractivity contribution in [1.82, 2.24) is 0 Å². The highest BCUT2D eigenvalue weighted by atomic mass is 16.5. The van der Waals surface area contributed by atoms with Crippen LogP contribution >= 0.6 is 0 Å². The van der Waals surface area contributed by atoms with Gasteiger partial charge in [0, 0.05) is 12.7 Å². The molecule has 138 valence electrons. The maximum atomic E-state index is 11.6. The molecule has 0 fully saturated rings. The fraction of sp³-hybridized carbons (Fsp3) is 0.318. The van der Waals surface area contributed by atoms with E-state index < -0.39 is 5.97 Å². The highest BCUT2D eigenvalue weighted by Crippen LogP contribution is 2.34. The number of esters is 1. The Labute approximate surface area is 155 Å². The van der Waals surface area contributed by atoms with Crippen molar-refractivity contribution in [3.63, 3.8) is 0 Å². The molecule has 0 aliphatic heterocycles. The van der Waals surface area contributed by atoms with E-state index in [2.05, 4.69) is 18.7 Å². The maximum absolute atomic E-state index is 11.6. The van der Waals surface area contributed by atoms with Crippen molar-refractivity contribution in [1.29, 1.82) is 0 Å². The first-order chi connectivity index (χ1) is 12.1. The van der Waals surface area contributed by atoms with E-state index in [1.807, 2.05) is 27.7 Å². The molecule has 0 amide bonds. The van der Waals surface area contributed by atoms with Gasteiger partial charge in [0.1, 0.15) is 17.2 Å². The van der Waals surface area contributed by atoms with Gasteiger partial charge >= 0.3 is 5.97 Å². The zero-order chi connectivity index (χ0) is 19.5. The van der Waals surface area contributed by atoms with E-state index in [9.17, 15) is 4.79 Å². The summed E-state index contributed by atoms with van der Waals surface area (Å²) in [4.78, 5) is 11.6. The second-order valence-electron chi connectivity index (χ2n) is 6.90. The smallest absolute Gasteiger partial charge is 0.338 e. The molecule has 2 rings (SSSR count). The normalized spacial score (nSPS) is 11.2. The summed E-state index contributed by atoms with van der Waals surface area (Å²) in [6, 6.07) is 11.1. The molecule has 4 heteroatoms. The molecule has 0 bridgehead atoms. The van der Waals surface area contributed by atoms with Crippen molar-refractivity contribution < 1.29 is 19.0 Å². The first kappa shape index (κ1) is 19.7. The zero-order valence-corrected chi connectivity index (χ0v) is 16.3. The Kier molecular flexibility index (Phi) is 5.88. The quantitative estimate of drug-likeness (QED) is 0.393. The molecule has 0 aliphatic carbocycles. The van der Waals surface area contributed by atoms with E-state index in [0.717, 1.165) is 22.4 Å². The summed E-state index contributed by atoms with van der Waals surface area (Å²) < 4.78 is 16.8. The molecule has 0 aliphatic rings. The minimum atomic E-state index is -0.443. The van der Waals surface area contributed by atoms with Crippen LogP contribution in [0.2, 0.25) is 0 Å². The molecule has 0 saturated carbocycles. The van der Waals surface area contributed by atoms with Crippen LogP contribution in [0.4, 0.5) is 0 Å². The van der Waals surface area contributed by atoms with Crippen LogP contribution < -0.4 is 9.47 Å². The number of hydrogen-bond acceptors (Lipinski definition) is 4.